The van der Waals surface area contributed by atoms with Crippen LogP contribution in [0.3, 0.4) is 0 Å². The first-order valence-corrected chi connectivity index (χ1v) is 9.22. The van der Waals surface area contributed by atoms with E-state index in [0.29, 0.717) is 12.8 Å². The maximum atomic E-state index is 9.38. The lowest BCUT2D eigenvalue weighted by atomic mass is 9.90. The molecule has 0 aliphatic carbocycles. The molecule has 0 saturated heterocycles. The van der Waals surface area contributed by atoms with Gasteiger partial charge in [0.15, 0.2) is 0 Å². The zero-order valence-electron chi connectivity index (χ0n) is 14.8. The van der Waals surface area contributed by atoms with E-state index in [1.165, 1.54) is 49.7 Å². The molecule has 3 nitrogen and oxygen atoms in total. The number of aryl methyl sites for hydroxylation is 2. The number of hydrogen-bond acceptors (Lipinski definition) is 3. The molecule has 23 heavy (non-hydrogen) atoms. The quantitative estimate of drug-likeness (QED) is 0.486. The molecule has 0 bridgehead atoms. The van der Waals surface area contributed by atoms with Crippen molar-refractivity contribution in [1.29, 1.82) is 0 Å². The van der Waals surface area contributed by atoms with Gasteiger partial charge in [0.05, 0.1) is 6.61 Å². The highest BCUT2D eigenvalue weighted by molar-refractivity contribution is 5.23. The lowest BCUT2D eigenvalue weighted by Crippen LogP contribution is -2.44. The van der Waals surface area contributed by atoms with Gasteiger partial charge in [-0.1, -0.05) is 63.3 Å². The Bertz CT molecular complexity index is 405. The molecule has 0 aromatic heterocycles. The van der Waals surface area contributed by atoms with E-state index in [2.05, 4.69) is 31.2 Å². The van der Waals surface area contributed by atoms with Gasteiger partial charge in [0, 0.05) is 12.1 Å². The fraction of sp³-hybridized carbons (Fsp3) is 0.700. The zero-order valence-corrected chi connectivity index (χ0v) is 14.8. The van der Waals surface area contributed by atoms with Gasteiger partial charge in [-0.2, -0.15) is 0 Å². The van der Waals surface area contributed by atoms with Crippen molar-refractivity contribution in [2.75, 3.05) is 13.2 Å². The molecule has 132 valence electrons. The van der Waals surface area contributed by atoms with Crippen LogP contribution in [0.4, 0.5) is 0 Å². The third-order valence-corrected chi connectivity index (χ3v) is 4.68. The fourth-order valence-electron chi connectivity index (χ4n) is 2.88. The average molecular weight is 322 g/mol. The van der Waals surface area contributed by atoms with Gasteiger partial charge >= 0.3 is 0 Å². The molecule has 0 saturated carbocycles. The first-order valence-electron chi connectivity index (χ1n) is 9.22. The van der Waals surface area contributed by atoms with Crippen LogP contribution in [0.15, 0.2) is 24.3 Å². The first-order chi connectivity index (χ1) is 11.1. The second-order valence-electron chi connectivity index (χ2n) is 6.83. The van der Waals surface area contributed by atoms with E-state index in [1.54, 1.807) is 0 Å². The van der Waals surface area contributed by atoms with E-state index in [1.807, 2.05) is 0 Å². The summed E-state index contributed by atoms with van der Waals surface area (Å²) in [6.45, 7) is 2.19. The van der Waals surface area contributed by atoms with E-state index in [0.717, 1.165) is 12.8 Å². The summed E-state index contributed by atoms with van der Waals surface area (Å²) in [5, 5.41) is 18.4. The Morgan fingerprint density at radius 2 is 1.39 bits per heavy atom. The highest BCUT2D eigenvalue weighted by Gasteiger charge is 2.22. The molecular weight excluding hydrogens is 286 g/mol. The predicted molar refractivity (Wildman–Crippen MR) is 97.6 cm³/mol. The number of rotatable bonds is 13. The van der Waals surface area contributed by atoms with Crippen molar-refractivity contribution in [1.82, 2.24) is 0 Å². The summed E-state index contributed by atoms with van der Waals surface area (Å²) in [6.07, 6.45) is 11.1. The standard InChI is InChI=1S/C20H35NO2/c1-2-3-4-5-6-7-8-18-9-11-19(12-10-18)13-14-20(21,17-23)15-16-22/h9-12,22-23H,2-8,13-17,21H2,1H3. The summed E-state index contributed by atoms with van der Waals surface area (Å²) in [6, 6.07) is 8.77. The highest BCUT2D eigenvalue weighted by atomic mass is 16.3. The summed E-state index contributed by atoms with van der Waals surface area (Å²) in [5.41, 5.74) is 8.08. The summed E-state index contributed by atoms with van der Waals surface area (Å²) in [7, 11) is 0. The van der Waals surface area contributed by atoms with Gasteiger partial charge in [-0.25, -0.2) is 0 Å². The van der Waals surface area contributed by atoms with Crippen LogP contribution >= 0.6 is 0 Å². The Morgan fingerprint density at radius 1 is 0.826 bits per heavy atom. The van der Waals surface area contributed by atoms with Crippen LogP contribution in [-0.4, -0.2) is 29.0 Å². The third-order valence-electron chi connectivity index (χ3n) is 4.68. The van der Waals surface area contributed by atoms with Gasteiger partial charge in [-0.3, -0.25) is 0 Å². The number of aliphatic hydroxyl groups is 2. The van der Waals surface area contributed by atoms with E-state index in [-0.39, 0.29) is 13.2 Å². The number of benzene rings is 1. The van der Waals surface area contributed by atoms with E-state index >= 15 is 0 Å². The number of hydrogen-bond donors (Lipinski definition) is 3. The zero-order chi connectivity index (χ0) is 17.0. The molecule has 0 radical (unpaired) electrons. The molecule has 0 amide bonds. The van der Waals surface area contributed by atoms with E-state index < -0.39 is 5.54 Å². The van der Waals surface area contributed by atoms with Crippen LogP contribution < -0.4 is 5.73 Å². The Kier molecular flexibility index (Phi) is 10.2. The molecule has 0 spiro atoms. The summed E-state index contributed by atoms with van der Waals surface area (Å²) >= 11 is 0. The Hall–Kier alpha value is -0.900. The molecule has 4 N–H and O–H groups in total. The number of unbranched alkanes of at least 4 members (excludes halogenated alkanes) is 5. The summed E-state index contributed by atoms with van der Waals surface area (Å²) < 4.78 is 0. The molecule has 3 heteroatoms. The van der Waals surface area contributed by atoms with Crippen molar-refractivity contribution in [3.63, 3.8) is 0 Å². The molecule has 1 rings (SSSR count). The van der Waals surface area contributed by atoms with Crippen molar-refractivity contribution in [3.05, 3.63) is 35.4 Å². The van der Waals surface area contributed by atoms with Gasteiger partial charge in [0.25, 0.3) is 0 Å². The second-order valence-corrected chi connectivity index (χ2v) is 6.83. The molecule has 1 aromatic rings. The van der Waals surface area contributed by atoms with Gasteiger partial charge in [0.1, 0.15) is 0 Å². The van der Waals surface area contributed by atoms with Crippen LogP contribution in [0.2, 0.25) is 0 Å². The molecule has 0 heterocycles. The molecular formula is C20H35NO2. The minimum Gasteiger partial charge on any atom is -0.396 e. The molecule has 0 aliphatic rings. The first kappa shape index (κ1) is 20.1. The Balaban J connectivity index is 2.30. The van der Waals surface area contributed by atoms with Crippen molar-refractivity contribution < 1.29 is 10.2 Å². The highest BCUT2D eigenvalue weighted by Crippen LogP contribution is 2.17. The minimum atomic E-state index is -0.661. The van der Waals surface area contributed by atoms with Crippen LogP contribution in [-0.2, 0) is 12.8 Å². The number of nitrogens with two attached hydrogens (primary N) is 1. The van der Waals surface area contributed by atoms with Gasteiger partial charge in [0.2, 0.25) is 0 Å². The number of aliphatic hydroxyl groups excluding tert-OH is 2. The lowest BCUT2D eigenvalue weighted by Gasteiger charge is -2.26. The van der Waals surface area contributed by atoms with E-state index in [9.17, 15) is 5.11 Å². The lowest BCUT2D eigenvalue weighted by molar-refractivity contribution is 0.149. The monoisotopic (exact) mass is 321 g/mol. The maximum absolute atomic E-state index is 9.38. The Labute approximate surface area is 141 Å². The fourth-order valence-corrected chi connectivity index (χ4v) is 2.88. The van der Waals surface area contributed by atoms with Crippen molar-refractivity contribution in [2.45, 2.75) is 76.7 Å². The van der Waals surface area contributed by atoms with Crippen molar-refractivity contribution in [3.8, 4) is 0 Å². The SMILES string of the molecule is CCCCCCCCc1ccc(CCC(N)(CO)CCO)cc1. The van der Waals surface area contributed by atoms with Gasteiger partial charge in [-0.05, 0) is 43.2 Å². The summed E-state index contributed by atoms with van der Waals surface area (Å²) in [4.78, 5) is 0. The minimum absolute atomic E-state index is 0.0221. The third kappa shape index (κ3) is 8.50. The van der Waals surface area contributed by atoms with Crippen LogP contribution in [0.5, 0.6) is 0 Å². The van der Waals surface area contributed by atoms with Crippen LogP contribution in [0, 0.1) is 0 Å². The normalized spacial score (nSPS) is 13.9. The molecule has 0 aliphatic heterocycles. The molecule has 1 atom stereocenters. The smallest absolute Gasteiger partial charge is 0.0612 e. The van der Waals surface area contributed by atoms with Crippen molar-refractivity contribution in [2.24, 2.45) is 5.73 Å². The molecule has 1 unspecified atom stereocenters. The molecule has 1 aromatic carbocycles. The second kappa shape index (κ2) is 11.6. The van der Waals surface area contributed by atoms with Crippen LogP contribution in [0.25, 0.3) is 0 Å². The topological polar surface area (TPSA) is 66.5 Å². The van der Waals surface area contributed by atoms with Crippen molar-refractivity contribution >= 4 is 0 Å². The maximum Gasteiger partial charge on any atom is 0.0612 e. The molecule has 0 fully saturated rings. The average Bonchev–Trinajstić information content (AvgIpc) is 2.57. The Morgan fingerprint density at radius 3 is 1.96 bits per heavy atom. The van der Waals surface area contributed by atoms with Gasteiger partial charge < -0.3 is 15.9 Å². The van der Waals surface area contributed by atoms with Gasteiger partial charge in [-0.15, -0.1) is 0 Å². The summed E-state index contributed by atoms with van der Waals surface area (Å²) in [5.74, 6) is 0. The van der Waals surface area contributed by atoms with Crippen LogP contribution in [0.1, 0.15) is 69.4 Å². The largest absolute Gasteiger partial charge is 0.396 e. The predicted octanol–water partition coefficient (Wildman–Crippen LogP) is 3.59. The van der Waals surface area contributed by atoms with E-state index in [4.69, 9.17) is 10.8 Å².